The lowest BCUT2D eigenvalue weighted by atomic mass is 9.94. The molecule has 0 saturated carbocycles. The molecule has 0 aliphatic rings. The number of sulfonamides is 1. The van der Waals surface area contributed by atoms with Crippen LogP contribution in [0.25, 0.3) is 0 Å². The van der Waals surface area contributed by atoms with Crippen LogP contribution in [0.15, 0.2) is 16.3 Å². The number of rotatable bonds is 6. The van der Waals surface area contributed by atoms with Crippen LogP contribution in [0.3, 0.4) is 0 Å². The zero-order valence-corrected chi connectivity index (χ0v) is 14.3. The fourth-order valence-corrected chi connectivity index (χ4v) is 4.46. The SMILES string of the molecule is CCc1ccc(S(=O)(=O)N(C)CC(C)(C)CN)s1.Cl. The number of halogens is 1. The Morgan fingerprint density at radius 1 is 1.37 bits per heavy atom. The van der Waals surface area contributed by atoms with Crippen LogP contribution in [-0.4, -0.2) is 32.9 Å². The lowest BCUT2D eigenvalue weighted by Crippen LogP contribution is -2.39. The summed E-state index contributed by atoms with van der Waals surface area (Å²) in [5.74, 6) is 0. The summed E-state index contributed by atoms with van der Waals surface area (Å²) >= 11 is 1.34. The van der Waals surface area contributed by atoms with Gasteiger partial charge in [0.15, 0.2) is 0 Å². The third kappa shape index (κ3) is 4.72. The molecule has 1 aromatic rings. The number of hydrogen-bond acceptors (Lipinski definition) is 4. The first-order valence-corrected chi connectivity index (χ1v) is 8.23. The van der Waals surface area contributed by atoms with Gasteiger partial charge in [0.2, 0.25) is 0 Å². The Morgan fingerprint density at radius 3 is 2.37 bits per heavy atom. The highest BCUT2D eigenvalue weighted by molar-refractivity contribution is 7.91. The van der Waals surface area contributed by atoms with E-state index in [-0.39, 0.29) is 17.8 Å². The Morgan fingerprint density at radius 2 is 1.95 bits per heavy atom. The molecule has 0 radical (unpaired) electrons. The molecule has 0 spiro atoms. The van der Waals surface area contributed by atoms with Gasteiger partial charge in [-0.2, -0.15) is 4.31 Å². The minimum absolute atomic E-state index is 0. The third-order valence-corrected chi connectivity index (χ3v) is 6.35. The highest BCUT2D eigenvalue weighted by Crippen LogP contribution is 2.26. The van der Waals surface area contributed by atoms with Crippen LogP contribution < -0.4 is 5.73 Å². The molecule has 2 N–H and O–H groups in total. The van der Waals surface area contributed by atoms with E-state index in [0.29, 0.717) is 17.3 Å². The molecule has 0 bridgehead atoms. The summed E-state index contributed by atoms with van der Waals surface area (Å²) in [6.45, 7) is 6.82. The Labute approximate surface area is 126 Å². The van der Waals surface area contributed by atoms with Gasteiger partial charge in [-0.25, -0.2) is 8.42 Å². The molecule has 0 aliphatic heterocycles. The molecule has 0 amide bonds. The minimum atomic E-state index is -3.38. The van der Waals surface area contributed by atoms with Gasteiger partial charge in [-0.3, -0.25) is 0 Å². The van der Waals surface area contributed by atoms with Crippen LogP contribution in [0.4, 0.5) is 0 Å². The summed E-state index contributed by atoms with van der Waals surface area (Å²) in [6, 6.07) is 3.56. The van der Waals surface area contributed by atoms with Gasteiger partial charge in [-0.15, -0.1) is 23.7 Å². The lowest BCUT2D eigenvalue weighted by Gasteiger charge is -2.28. The average Bonchev–Trinajstić information content (AvgIpc) is 2.77. The number of thiophene rings is 1. The maximum Gasteiger partial charge on any atom is 0.252 e. The van der Waals surface area contributed by atoms with Crippen molar-refractivity contribution in [3.63, 3.8) is 0 Å². The fraction of sp³-hybridized carbons (Fsp3) is 0.667. The van der Waals surface area contributed by atoms with E-state index in [1.165, 1.54) is 15.6 Å². The van der Waals surface area contributed by atoms with Crippen molar-refractivity contribution in [2.45, 2.75) is 31.4 Å². The molecule has 0 fully saturated rings. The van der Waals surface area contributed by atoms with Crippen LogP contribution in [-0.2, 0) is 16.4 Å². The van der Waals surface area contributed by atoms with Gasteiger partial charge in [-0.1, -0.05) is 20.8 Å². The predicted molar refractivity (Wildman–Crippen MR) is 83.6 cm³/mol. The summed E-state index contributed by atoms with van der Waals surface area (Å²) in [4.78, 5) is 1.08. The van der Waals surface area contributed by atoms with E-state index in [1.807, 2.05) is 26.8 Å². The number of aryl methyl sites for hydroxylation is 1. The Kier molecular flexibility index (Phi) is 6.99. The predicted octanol–water partition coefficient (Wildman–Crippen LogP) is 2.34. The van der Waals surface area contributed by atoms with Gasteiger partial charge in [0.05, 0.1) is 0 Å². The first-order chi connectivity index (χ1) is 8.23. The van der Waals surface area contributed by atoms with E-state index in [2.05, 4.69) is 0 Å². The maximum atomic E-state index is 12.4. The average molecular weight is 327 g/mol. The monoisotopic (exact) mass is 326 g/mol. The Hall–Kier alpha value is -0.140. The van der Waals surface area contributed by atoms with Gasteiger partial charge < -0.3 is 5.73 Å². The van der Waals surface area contributed by atoms with Crippen LogP contribution in [0.2, 0.25) is 0 Å². The van der Waals surface area contributed by atoms with Gasteiger partial charge in [0.1, 0.15) is 4.21 Å². The summed E-state index contributed by atoms with van der Waals surface area (Å²) in [7, 11) is -1.77. The first-order valence-electron chi connectivity index (χ1n) is 5.98. The van der Waals surface area contributed by atoms with Crippen LogP contribution in [0.5, 0.6) is 0 Å². The zero-order chi connectivity index (χ0) is 14.0. The van der Waals surface area contributed by atoms with E-state index in [4.69, 9.17) is 5.73 Å². The van der Waals surface area contributed by atoms with Crippen molar-refractivity contribution in [1.82, 2.24) is 4.31 Å². The van der Waals surface area contributed by atoms with E-state index >= 15 is 0 Å². The van der Waals surface area contributed by atoms with E-state index in [1.54, 1.807) is 13.1 Å². The molecule has 1 heterocycles. The first kappa shape index (κ1) is 18.9. The molecule has 0 aliphatic carbocycles. The molecular formula is C12H23ClN2O2S2. The topological polar surface area (TPSA) is 63.4 Å². The number of hydrogen-bond donors (Lipinski definition) is 1. The van der Waals surface area contributed by atoms with Gasteiger partial charge in [0.25, 0.3) is 10.0 Å². The van der Waals surface area contributed by atoms with Crippen molar-refractivity contribution in [1.29, 1.82) is 0 Å². The lowest BCUT2D eigenvalue weighted by molar-refractivity contribution is 0.292. The summed E-state index contributed by atoms with van der Waals surface area (Å²) < 4.78 is 26.5. The van der Waals surface area contributed by atoms with Crippen molar-refractivity contribution < 1.29 is 8.42 Å². The minimum Gasteiger partial charge on any atom is -0.330 e. The van der Waals surface area contributed by atoms with Gasteiger partial charge >= 0.3 is 0 Å². The molecule has 112 valence electrons. The maximum absolute atomic E-state index is 12.4. The summed E-state index contributed by atoms with van der Waals surface area (Å²) in [5, 5.41) is 0. The second-order valence-corrected chi connectivity index (χ2v) is 8.64. The highest BCUT2D eigenvalue weighted by Gasteiger charge is 2.28. The number of nitrogens with zero attached hydrogens (tertiary/aromatic N) is 1. The van der Waals surface area contributed by atoms with Crippen molar-refractivity contribution in [3.8, 4) is 0 Å². The Bertz CT molecular complexity index is 498. The normalized spacial score (nSPS) is 12.5. The smallest absolute Gasteiger partial charge is 0.252 e. The molecule has 0 saturated heterocycles. The van der Waals surface area contributed by atoms with E-state index < -0.39 is 10.0 Å². The highest BCUT2D eigenvalue weighted by atomic mass is 35.5. The van der Waals surface area contributed by atoms with Gasteiger partial charge in [-0.05, 0) is 30.5 Å². The second kappa shape index (κ2) is 7.04. The summed E-state index contributed by atoms with van der Waals surface area (Å²) in [6.07, 6.45) is 0.859. The van der Waals surface area contributed by atoms with Crippen LogP contribution >= 0.6 is 23.7 Å². The van der Waals surface area contributed by atoms with Gasteiger partial charge in [0, 0.05) is 18.5 Å². The molecule has 19 heavy (non-hydrogen) atoms. The molecule has 1 rings (SSSR count). The number of nitrogens with two attached hydrogens (primary N) is 1. The van der Waals surface area contributed by atoms with Crippen molar-refractivity contribution >= 4 is 33.8 Å². The van der Waals surface area contributed by atoms with Crippen molar-refractivity contribution in [2.24, 2.45) is 11.1 Å². The van der Waals surface area contributed by atoms with Crippen molar-refractivity contribution in [3.05, 3.63) is 17.0 Å². The molecule has 0 aromatic carbocycles. The fourth-order valence-electron chi connectivity index (χ4n) is 1.59. The molecule has 1 aromatic heterocycles. The standard InChI is InChI=1S/C12H22N2O2S2.ClH/c1-5-10-6-7-11(17-10)18(15,16)14(4)9-12(2,3)8-13;/h6-7H,5,8-9,13H2,1-4H3;1H. The van der Waals surface area contributed by atoms with E-state index in [9.17, 15) is 8.42 Å². The molecule has 7 heteroatoms. The van der Waals surface area contributed by atoms with Crippen molar-refractivity contribution in [2.75, 3.05) is 20.1 Å². The van der Waals surface area contributed by atoms with Crippen LogP contribution in [0.1, 0.15) is 25.6 Å². The molecular weight excluding hydrogens is 304 g/mol. The molecule has 0 unspecified atom stereocenters. The second-order valence-electron chi connectivity index (χ2n) is 5.20. The Balaban J connectivity index is 0.00000324. The molecule has 0 atom stereocenters. The zero-order valence-electron chi connectivity index (χ0n) is 11.8. The van der Waals surface area contributed by atoms with Crippen LogP contribution in [0, 0.1) is 5.41 Å². The largest absolute Gasteiger partial charge is 0.330 e. The quantitative estimate of drug-likeness (QED) is 0.872. The summed E-state index contributed by atoms with van der Waals surface area (Å²) in [5.41, 5.74) is 5.43. The molecule has 4 nitrogen and oxygen atoms in total. The third-order valence-electron chi connectivity index (χ3n) is 2.85. The van der Waals surface area contributed by atoms with E-state index in [0.717, 1.165) is 11.3 Å².